The lowest BCUT2D eigenvalue weighted by atomic mass is 9.90. The van der Waals surface area contributed by atoms with Crippen LogP contribution in [0, 0.1) is 11.8 Å². The van der Waals surface area contributed by atoms with Crippen LogP contribution in [0.25, 0.3) is 0 Å². The minimum absolute atomic E-state index is 0.00508. The maximum absolute atomic E-state index is 12.8. The first kappa shape index (κ1) is 27.4. The number of benzene rings is 1. The number of hydrogen-bond acceptors (Lipinski definition) is 5. The molecule has 0 fully saturated rings. The second-order valence-electron chi connectivity index (χ2n) is 8.37. The van der Waals surface area contributed by atoms with Crippen molar-refractivity contribution in [2.45, 2.75) is 57.9 Å². The minimum Gasteiger partial charge on any atom is -0.491 e. The zero-order chi connectivity index (χ0) is 25.1. The molecule has 0 unspecified atom stereocenters. The van der Waals surface area contributed by atoms with Crippen LogP contribution < -0.4 is 4.74 Å². The van der Waals surface area contributed by atoms with Crippen molar-refractivity contribution in [1.82, 2.24) is 0 Å². The third-order valence-corrected chi connectivity index (χ3v) is 5.13. The highest BCUT2D eigenvalue weighted by molar-refractivity contribution is 5.95. The number of ketones is 1. The summed E-state index contributed by atoms with van der Waals surface area (Å²) in [6, 6.07) is 4.46. The topological polar surface area (TPSA) is 72.8 Å². The van der Waals surface area contributed by atoms with Gasteiger partial charge >= 0.3 is 12.1 Å². The van der Waals surface area contributed by atoms with Gasteiger partial charge in [-0.25, -0.2) is 0 Å². The summed E-state index contributed by atoms with van der Waals surface area (Å²) in [5.74, 6) is -0.691. The molecule has 186 valence electrons. The van der Waals surface area contributed by atoms with Crippen LogP contribution in [0.4, 0.5) is 13.2 Å². The van der Waals surface area contributed by atoms with Crippen LogP contribution >= 0.6 is 0 Å². The first-order valence-corrected chi connectivity index (χ1v) is 11.3. The average Bonchev–Trinajstić information content (AvgIpc) is 3.11. The summed E-state index contributed by atoms with van der Waals surface area (Å²) in [6.07, 6.45) is 6.92. The van der Waals surface area contributed by atoms with E-state index in [-0.39, 0.29) is 42.0 Å². The Morgan fingerprint density at radius 2 is 2.00 bits per heavy atom. The highest BCUT2D eigenvalue weighted by Crippen LogP contribution is 2.31. The molecular weight excluding hydrogens is 449 g/mol. The molecule has 0 spiro atoms. The van der Waals surface area contributed by atoms with Gasteiger partial charge in [-0.2, -0.15) is 13.2 Å². The van der Waals surface area contributed by atoms with E-state index in [1.54, 1.807) is 26.0 Å². The van der Waals surface area contributed by atoms with E-state index in [1.807, 2.05) is 12.2 Å². The largest absolute Gasteiger partial charge is 0.491 e. The number of aliphatic hydroxyl groups excluding tert-OH is 1. The predicted molar refractivity (Wildman–Crippen MR) is 122 cm³/mol. The number of halogens is 3. The van der Waals surface area contributed by atoms with Crippen molar-refractivity contribution in [3.63, 3.8) is 0 Å². The number of carbonyl (C=O) groups excluding carboxylic acids is 2. The molecular formula is C26H31F3O5. The van der Waals surface area contributed by atoms with Crippen molar-refractivity contribution in [2.24, 2.45) is 11.8 Å². The monoisotopic (exact) mass is 480 g/mol. The standard InChI is InChI=1S/C26H31F3O5/c1-18(2)34-25(32)11-6-4-3-5-10-23-19(13-15-24(23)31)12-14-21(30)17-33-22-9-7-8-20(16-22)26(27,28)29/h3,5,7-9,12-16,18-19,21,23,30H,4,6,10-11,17H2,1-2H3/t19-,21+,23+/m0/s1. The van der Waals surface area contributed by atoms with E-state index in [0.29, 0.717) is 25.7 Å². The molecule has 3 atom stereocenters. The van der Waals surface area contributed by atoms with Crippen LogP contribution in [-0.4, -0.2) is 35.7 Å². The number of unbranched alkanes of at least 4 members (excludes halogenated alkanes) is 1. The molecule has 0 amide bonds. The molecule has 0 saturated carbocycles. The predicted octanol–water partition coefficient (Wildman–Crippen LogP) is 5.44. The van der Waals surface area contributed by atoms with Gasteiger partial charge in [0, 0.05) is 18.3 Å². The number of hydrogen-bond donors (Lipinski definition) is 1. The Bertz CT molecular complexity index is 902. The fourth-order valence-electron chi connectivity index (χ4n) is 3.43. The highest BCUT2D eigenvalue weighted by Gasteiger charge is 2.30. The molecule has 0 radical (unpaired) electrons. The molecule has 1 aliphatic rings. The smallest absolute Gasteiger partial charge is 0.416 e. The van der Waals surface area contributed by atoms with Gasteiger partial charge in [0.1, 0.15) is 18.5 Å². The first-order chi connectivity index (χ1) is 16.1. The Kier molecular flexibility index (Phi) is 10.6. The Morgan fingerprint density at radius 3 is 2.71 bits per heavy atom. The number of carbonyl (C=O) groups is 2. The van der Waals surface area contributed by atoms with Gasteiger partial charge in [0.2, 0.25) is 0 Å². The third-order valence-electron chi connectivity index (χ3n) is 5.13. The van der Waals surface area contributed by atoms with Crippen molar-refractivity contribution in [3.8, 4) is 5.75 Å². The van der Waals surface area contributed by atoms with E-state index in [2.05, 4.69) is 0 Å². The lowest BCUT2D eigenvalue weighted by molar-refractivity contribution is -0.147. The maximum atomic E-state index is 12.8. The molecule has 1 aliphatic carbocycles. The molecule has 1 N–H and O–H groups in total. The zero-order valence-electron chi connectivity index (χ0n) is 19.3. The number of aliphatic hydroxyl groups is 1. The first-order valence-electron chi connectivity index (χ1n) is 11.3. The molecule has 0 heterocycles. The van der Waals surface area contributed by atoms with Crippen LogP contribution in [0.2, 0.25) is 0 Å². The molecule has 0 saturated heterocycles. The second-order valence-corrected chi connectivity index (χ2v) is 8.37. The molecule has 34 heavy (non-hydrogen) atoms. The summed E-state index contributed by atoms with van der Waals surface area (Å²) >= 11 is 0. The van der Waals surface area contributed by atoms with E-state index in [9.17, 15) is 27.9 Å². The van der Waals surface area contributed by atoms with Gasteiger partial charge in [0.05, 0.1) is 11.7 Å². The Morgan fingerprint density at radius 1 is 1.24 bits per heavy atom. The molecule has 1 aromatic carbocycles. The number of rotatable bonds is 12. The van der Waals surface area contributed by atoms with E-state index >= 15 is 0 Å². The summed E-state index contributed by atoms with van der Waals surface area (Å²) in [5.41, 5.74) is -0.823. The molecule has 0 aromatic heterocycles. The average molecular weight is 481 g/mol. The van der Waals surface area contributed by atoms with Gasteiger partial charge in [-0.15, -0.1) is 0 Å². The number of ether oxygens (including phenoxy) is 2. The lowest BCUT2D eigenvalue weighted by Gasteiger charge is -2.14. The second kappa shape index (κ2) is 13.1. The SMILES string of the molecule is CC(C)OC(=O)CCCC=CC[C@H]1C(=O)C=C[C@@H]1C=C[C@@H](O)COc1cccc(C(F)(F)F)c1. The van der Waals surface area contributed by atoms with E-state index < -0.39 is 17.8 Å². The quantitative estimate of drug-likeness (QED) is 0.245. The lowest BCUT2D eigenvalue weighted by Crippen LogP contribution is -2.17. The van der Waals surface area contributed by atoms with E-state index in [4.69, 9.17) is 9.47 Å². The Labute approximate surface area is 197 Å². The highest BCUT2D eigenvalue weighted by atomic mass is 19.4. The summed E-state index contributed by atoms with van der Waals surface area (Å²) in [6.45, 7) is 3.39. The third kappa shape index (κ3) is 9.55. The normalized spacial score (nSPS) is 19.4. The fraction of sp³-hybridized carbons (Fsp3) is 0.462. The van der Waals surface area contributed by atoms with Crippen LogP contribution in [0.5, 0.6) is 5.75 Å². The number of allylic oxidation sites excluding steroid dienone is 5. The molecule has 0 bridgehead atoms. The summed E-state index contributed by atoms with van der Waals surface area (Å²) in [7, 11) is 0. The molecule has 0 aliphatic heterocycles. The maximum Gasteiger partial charge on any atom is 0.416 e. The van der Waals surface area contributed by atoms with Crippen molar-refractivity contribution in [2.75, 3.05) is 6.61 Å². The zero-order valence-corrected chi connectivity index (χ0v) is 19.3. The Hall–Kier alpha value is -2.87. The van der Waals surface area contributed by atoms with Crippen LogP contribution in [0.1, 0.15) is 45.1 Å². The van der Waals surface area contributed by atoms with Crippen LogP contribution in [-0.2, 0) is 20.5 Å². The molecule has 5 nitrogen and oxygen atoms in total. The van der Waals surface area contributed by atoms with Crippen molar-refractivity contribution >= 4 is 11.8 Å². The van der Waals surface area contributed by atoms with E-state index in [1.165, 1.54) is 24.3 Å². The van der Waals surface area contributed by atoms with Gasteiger partial charge in [0.15, 0.2) is 5.78 Å². The van der Waals surface area contributed by atoms with Crippen molar-refractivity contribution in [3.05, 3.63) is 66.3 Å². The summed E-state index contributed by atoms with van der Waals surface area (Å²) < 4.78 is 48.7. The van der Waals surface area contributed by atoms with Gasteiger partial charge in [-0.1, -0.05) is 36.4 Å². The van der Waals surface area contributed by atoms with Crippen LogP contribution in [0.3, 0.4) is 0 Å². The van der Waals surface area contributed by atoms with Gasteiger partial charge in [-0.3, -0.25) is 9.59 Å². The summed E-state index contributed by atoms with van der Waals surface area (Å²) in [5, 5.41) is 10.1. The number of esters is 1. The van der Waals surface area contributed by atoms with Crippen molar-refractivity contribution in [1.29, 1.82) is 0 Å². The minimum atomic E-state index is -4.47. The number of alkyl halides is 3. The van der Waals surface area contributed by atoms with E-state index in [0.717, 1.165) is 12.1 Å². The molecule has 1 aromatic rings. The van der Waals surface area contributed by atoms with Crippen molar-refractivity contribution < 1.29 is 37.3 Å². The molecule has 2 rings (SSSR count). The Balaban J connectivity index is 1.78. The van der Waals surface area contributed by atoms with Gasteiger partial charge in [-0.05, 0) is 57.4 Å². The summed E-state index contributed by atoms with van der Waals surface area (Å²) in [4.78, 5) is 23.7. The van der Waals surface area contributed by atoms with Gasteiger partial charge in [0.25, 0.3) is 0 Å². The molecule has 8 heteroatoms. The van der Waals surface area contributed by atoms with Crippen LogP contribution in [0.15, 0.2) is 60.7 Å². The fourth-order valence-corrected chi connectivity index (χ4v) is 3.43. The van der Waals surface area contributed by atoms with Gasteiger partial charge < -0.3 is 14.6 Å².